The van der Waals surface area contributed by atoms with E-state index < -0.39 is 29.5 Å². The fourth-order valence-electron chi connectivity index (χ4n) is 3.76. The van der Waals surface area contributed by atoms with E-state index in [1.165, 1.54) is 22.3 Å². The fraction of sp³-hybridized carbons (Fsp3) is 0.231. The molecule has 3 heterocycles. The average molecular weight is 525 g/mol. The average Bonchev–Trinajstić information content (AvgIpc) is 3.60. The first kappa shape index (κ1) is 25.3. The maximum Gasteiger partial charge on any atom is 0.350 e. The van der Waals surface area contributed by atoms with Crippen molar-refractivity contribution in [2.24, 2.45) is 0 Å². The predicted molar refractivity (Wildman–Crippen MR) is 138 cm³/mol. The molecule has 0 spiro atoms. The second-order valence-corrected chi connectivity index (χ2v) is 9.79. The van der Waals surface area contributed by atoms with E-state index in [4.69, 9.17) is 9.47 Å². The zero-order valence-electron chi connectivity index (χ0n) is 19.7. The Morgan fingerprint density at radius 2 is 2.08 bits per heavy atom. The highest BCUT2D eigenvalue weighted by Crippen LogP contribution is 2.44. The molecule has 8 nitrogen and oxygen atoms in total. The fourth-order valence-corrected chi connectivity index (χ4v) is 5.42. The summed E-state index contributed by atoms with van der Waals surface area (Å²) >= 11 is 2.17. The number of hydrogen-bond acceptors (Lipinski definition) is 9. The number of thiazole rings is 1. The van der Waals surface area contributed by atoms with Gasteiger partial charge in [-0.05, 0) is 42.5 Å². The van der Waals surface area contributed by atoms with Gasteiger partial charge >= 0.3 is 5.97 Å². The SMILES string of the molecule is C=CCOC(=O)c1sc(N2C(=O)C(O)=C(C(=O)c3cccs3)C2c2cccc(OCCC)c2)nc1C. The predicted octanol–water partition coefficient (Wildman–Crippen LogP) is 5.43. The maximum absolute atomic E-state index is 13.5. The zero-order valence-corrected chi connectivity index (χ0v) is 21.4. The molecule has 1 amide bonds. The second-order valence-electron chi connectivity index (χ2n) is 7.87. The second kappa shape index (κ2) is 10.9. The number of nitrogens with zero attached hydrogens (tertiary/aromatic N) is 2. The van der Waals surface area contributed by atoms with Crippen LogP contribution in [0.25, 0.3) is 0 Å². The molecule has 1 aliphatic heterocycles. The van der Waals surface area contributed by atoms with Gasteiger partial charge < -0.3 is 14.6 Å². The van der Waals surface area contributed by atoms with Crippen LogP contribution in [0, 0.1) is 6.92 Å². The van der Waals surface area contributed by atoms with Crippen molar-refractivity contribution in [3.63, 3.8) is 0 Å². The quantitative estimate of drug-likeness (QED) is 0.214. The highest BCUT2D eigenvalue weighted by atomic mass is 32.1. The summed E-state index contributed by atoms with van der Waals surface area (Å²) in [5.74, 6) is -1.91. The van der Waals surface area contributed by atoms with Crippen molar-refractivity contribution in [3.05, 3.63) is 86.8 Å². The number of aliphatic hydroxyl groups excluding tert-OH is 1. The molecule has 0 aliphatic carbocycles. The molecule has 2 aromatic heterocycles. The summed E-state index contributed by atoms with van der Waals surface area (Å²) in [5.41, 5.74) is 0.872. The Balaban J connectivity index is 1.82. The third kappa shape index (κ3) is 4.82. The van der Waals surface area contributed by atoms with Crippen LogP contribution in [0.1, 0.15) is 50.0 Å². The van der Waals surface area contributed by atoms with E-state index in [9.17, 15) is 19.5 Å². The van der Waals surface area contributed by atoms with Crippen LogP contribution in [-0.2, 0) is 9.53 Å². The molecule has 1 N–H and O–H groups in total. The summed E-state index contributed by atoms with van der Waals surface area (Å²) in [5, 5.41) is 12.8. The molecule has 0 radical (unpaired) electrons. The van der Waals surface area contributed by atoms with Crippen molar-refractivity contribution in [2.75, 3.05) is 18.1 Å². The van der Waals surface area contributed by atoms with Crippen LogP contribution < -0.4 is 9.64 Å². The van der Waals surface area contributed by atoms with Gasteiger partial charge in [-0.2, -0.15) is 0 Å². The van der Waals surface area contributed by atoms with E-state index in [2.05, 4.69) is 11.6 Å². The number of thiophene rings is 1. The summed E-state index contributed by atoms with van der Waals surface area (Å²) in [4.78, 5) is 45.6. The molecular formula is C26H24N2O6S2. The minimum absolute atomic E-state index is 0.0309. The van der Waals surface area contributed by atoms with Gasteiger partial charge in [0.15, 0.2) is 10.9 Å². The number of carbonyl (C=O) groups is 3. The van der Waals surface area contributed by atoms with Gasteiger partial charge in [0.1, 0.15) is 17.2 Å². The van der Waals surface area contributed by atoms with Gasteiger partial charge in [-0.15, -0.1) is 11.3 Å². The molecule has 1 unspecified atom stereocenters. The monoisotopic (exact) mass is 524 g/mol. The molecule has 10 heteroatoms. The summed E-state index contributed by atoms with van der Waals surface area (Å²) in [7, 11) is 0. The number of aromatic nitrogens is 1. The first-order chi connectivity index (χ1) is 17.4. The lowest BCUT2D eigenvalue weighted by atomic mass is 9.95. The van der Waals surface area contributed by atoms with Gasteiger partial charge in [0.05, 0.1) is 28.8 Å². The van der Waals surface area contributed by atoms with Gasteiger partial charge in [-0.3, -0.25) is 14.5 Å². The number of esters is 1. The molecule has 186 valence electrons. The first-order valence-electron chi connectivity index (χ1n) is 11.2. The Morgan fingerprint density at radius 3 is 2.78 bits per heavy atom. The van der Waals surface area contributed by atoms with Crippen LogP contribution >= 0.6 is 22.7 Å². The highest BCUT2D eigenvalue weighted by molar-refractivity contribution is 7.17. The Morgan fingerprint density at radius 1 is 1.28 bits per heavy atom. The molecular weight excluding hydrogens is 500 g/mol. The standard InChI is InChI=1S/C26H24N2O6S2/c1-4-11-33-17-9-6-8-16(14-17)20-19(21(29)18-10-7-13-35-18)22(30)24(31)28(20)26-27-15(3)23(36-26)25(32)34-12-5-2/h5-10,13-14,20,30H,2,4,11-12H2,1,3H3. The van der Waals surface area contributed by atoms with Gasteiger partial charge in [-0.25, -0.2) is 9.78 Å². The van der Waals surface area contributed by atoms with Crippen LogP contribution in [0.15, 0.2) is 65.8 Å². The third-order valence-corrected chi connectivity index (χ3v) is 7.36. The van der Waals surface area contributed by atoms with Gasteiger partial charge in [-0.1, -0.05) is 49.1 Å². The molecule has 3 aromatic rings. The molecule has 0 bridgehead atoms. The van der Waals surface area contributed by atoms with E-state index in [0.717, 1.165) is 17.8 Å². The summed E-state index contributed by atoms with van der Waals surface area (Å²) in [6.45, 7) is 7.68. The van der Waals surface area contributed by atoms with Crippen molar-refractivity contribution in [2.45, 2.75) is 26.3 Å². The Labute approximate surface area is 216 Å². The van der Waals surface area contributed by atoms with Crippen LogP contribution in [-0.4, -0.2) is 41.0 Å². The number of aliphatic hydroxyl groups is 1. The summed E-state index contributed by atoms with van der Waals surface area (Å²) in [6, 6.07) is 9.43. The highest BCUT2D eigenvalue weighted by Gasteiger charge is 2.46. The number of ketones is 1. The first-order valence-corrected chi connectivity index (χ1v) is 12.9. The van der Waals surface area contributed by atoms with Crippen LogP contribution in [0.3, 0.4) is 0 Å². The normalized spacial score (nSPS) is 15.3. The Bertz CT molecular complexity index is 1340. The summed E-state index contributed by atoms with van der Waals surface area (Å²) in [6.07, 6.45) is 2.26. The lowest BCUT2D eigenvalue weighted by Gasteiger charge is -2.24. The molecule has 4 rings (SSSR count). The third-order valence-electron chi connectivity index (χ3n) is 5.35. The number of hydrogen-bond donors (Lipinski definition) is 1. The van der Waals surface area contributed by atoms with Gasteiger partial charge in [0.25, 0.3) is 5.91 Å². The molecule has 0 saturated carbocycles. The number of rotatable bonds is 10. The molecule has 0 saturated heterocycles. The smallest absolute Gasteiger partial charge is 0.350 e. The van der Waals surface area contributed by atoms with Crippen LogP contribution in [0.5, 0.6) is 5.75 Å². The minimum atomic E-state index is -0.972. The van der Waals surface area contributed by atoms with E-state index in [-0.39, 0.29) is 22.2 Å². The number of Topliss-reactive ketones (excluding diaryl/α,β-unsaturated/α-hetero) is 1. The minimum Gasteiger partial charge on any atom is -0.503 e. The lowest BCUT2D eigenvalue weighted by molar-refractivity contribution is -0.117. The topological polar surface area (TPSA) is 106 Å². The van der Waals surface area contributed by atoms with E-state index in [1.807, 2.05) is 6.92 Å². The van der Waals surface area contributed by atoms with E-state index >= 15 is 0 Å². The summed E-state index contributed by atoms with van der Waals surface area (Å²) < 4.78 is 10.9. The van der Waals surface area contributed by atoms with Crippen molar-refractivity contribution in [3.8, 4) is 5.75 Å². The number of aryl methyl sites for hydroxylation is 1. The Hall–Kier alpha value is -3.76. The van der Waals surface area contributed by atoms with Gasteiger partial charge in [0, 0.05) is 0 Å². The molecule has 1 atom stereocenters. The lowest BCUT2D eigenvalue weighted by Crippen LogP contribution is -2.31. The largest absolute Gasteiger partial charge is 0.503 e. The van der Waals surface area contributed by atoms with Crippen molar-refractivity contribution >= 4 is 45.5 Å². The van der Waals surface area contributed by atoms with Crippen molar-refractivity contribution in [1.29, 1.82) is 0 Å². The van der Waals surface area contributed by atoms with E-state index in [0.29, 0.717) is 28.5 Å². The number of amides is 1. The molecule has 1 aliphatic rings. The van der Waals surface area contributed by atoms with Crippen molar-refractivity contribution in [1.82, 2.24) is 4.98 Å². The number of ether oxygens (including phenoxy) is 2. The van der Waals surface area contributed by atoms with Crippen LogP contribution in [0.2, 0.25) is 0 Å². The van der Waals surface area contributed by atoms with Crippen molar-refractivity contribution < 1.29 is 29.0 Å². The molecule has 0 fully saturated rings. The number of carbonyl (C=O) groups excluding carboxylic acids is 3. The molecule has 1 aromatic carbocycles. The van der Waals surface area contributed by atoms with Gasteiger partial charge in [0.2, 0.25) is 5.78 Å². The maximum atomic E-state index is 13.5. The Kier molecular flexibility index (Phi) is 7.66. The number of benzene rings is 1. The number of anilines is 1. The van der Waals surface area contributed by atoms with E-state index in [1.54, 1.807) is 48.7 Å². The van der Waals surface area contributed by atoms with Crippen LogP contribution in [0.4, 0.5) is 5.13 Å². The molecule has 36 heavy (non-hydrogen) atoms. The zero-order chi connectivity index (χ0) is 25.8.